The van der Waals surface area contributed by atoms with E-state index in [-0.39, 0.29) is 18.1 Å². The van der Waals surface area contributed by atoms with Crippen LogP contribution in [0.15, 0.2) is 16.9 Å². The van der Waals surface area contributed by atoms with Gasteiger partial charge in [-0.3, -0.25) is 14.4 Å². The summed E-state index contributed by atoms with van der Waals surface area (Å²) in [6, 6.07) is 0. The van der Waals surface area contributed by atoms with Gasteiger partial charge in [-0.15, -0.1) is 0 Å². The molecule has 3 heterocycles. The maximum atomic E-state index is 12.5. The Balaban J connectivity index is 1.46. The van der Waals surface area contributed by atoms with Crippen molar-refractivity contribution in [2.24, 2.45) is 0 Å². The second-order valence-electron chi connectivity index (χ2n) is 6.82. The van der Waals surface area contributed by atoms with Crippen molar-refractivity contribution < 1.29 is 9.72 Å². The van der Waals surface area contributed by atoms with E-state index in [4.69, 9.17) is 0 Å². The van der Waals surface area contributed by atoms with Crippen molar-refractivity contribution in [1.29, 1.82) is 0 Å². The van der Waals surface area contributed by atoms with E-state index in [0.717, 1.165) is 31.9 Å². The molecule has 0 atom stereocenters. The van der Waals surface area contributed by atoms with Crippen molar-refractivity contribution in [3.05, 3.63) is 38.2 Å². The summed E-state index contributed by atoms with van der Waals surface area (Å²) in [6.45, 7) is 9.13. The van der Waals surface area contributed by atoms with Gasteiger partial charge in [0.05, 0.1) is 23.5 Å². The Bertz CT molecular complexity index is 855. The Morgan fingerprint density at radius 2 is 1.93 bits per heavy atom. The van der Waals surface area contributed by atoms with Gasteiger partial charge in [-0.05, 0) is 34.7 Å². The van der Waals surface area contributed by atoms with E-state index < -0.39 is 4.92 Å². The average molecular weight is 454 g/mol. The fourth-order valence-electron chi connectivity index (χ4n) is 3.27. The normalized spacial score (nSPS) is 15.2. The summed E-state index contributed by atoms with van der Waals surface area (Å²) in [5, 5.41) is 19.2. The molecule has 0 N–H and O–H groups in total. The van der Waals surface area contributed by atoms with E-state index >= 15 is 0 Å². The lowest BCUT2D eigenvalue weighted by Crippen LogP contribution is -2.48. The molecule has 2 aromatic rings. The minimum atomic E-state index is -0.548. The third-order valence-corrected chi connectivity index (χ3v) is 5.48. The Morgan fingerprint density at radius 3 is 2.50 bits per heavy atom. The third kappa shape index (κ3) is 4.76. The molecule has 152 valence electrons. The molecule has 0 radical (unpaired) electrons. The SMILES string of the molecule is CCn1cc(CN2CCN(C(=O)CCn3cc(Br)c([N+](=O)[O-])n3)CC2)c(C)n1. The summed E-state index contributed by atoms with van der Waals surface area (Å²) in [4.78, 5) is 26.9. The number of aromatic nitrogens is 4. The van der Waals surface area contributed by atoms with Crippen molar-refractivity contribution in [3.8, 4) is 0 Å². The number of halogens is 1. The van der Waals surface area contributed by atoms with Crippen molar-refractivity contribution in [1.82, 2.24) is 29.4 Å². The van der Waals surface area contributed by atoms with Crippen LogP contribution in [0.5, 0.6) is 0 Å². The van der Waals surface area contributed by atoms with Gasteiger partial charge < -0.3 is 15.0 Å². The zero-order valence-electron chi connectivity index (χ0n) is 16.0. The molecule has 10 nitrogen and oxygen atoms in total. The number of amides is 1. The molecule has 1 aliphatic heterocycles. The lowest BCUT2D eigenvalue weighted by atomic mass is 10.2. The molecule has 0 spiro atoms. The van der Waals surface area contributed by atoms with Crippen LogP contribution in [0.25, 0.3) is 0 Å². The maximum Gasteiger partial charge on any atom is 0.404 e. The molecular formula is C17H24BrN7O3. The van der Waals surface area contributed by atoms with Gasteiger partial charge in [-0.25, -0.2) is 0 Å². The van der Waals surface area contributed by atoms with Crippen LogP contribution in [0.1, 0.15) is 24.6 Å². The second-order valence-corrected chi connectivity index (χ2v) is 7.68. The summed E-state index contributed by atoms with van der Waals surface area (Å²) in [7, 11) is 0. The molecule has 1 aliphatic rings. The van der Waals surface area contributed by atoms with Crippen LogP contribution in [-0.4, -0.2) is 66.4 Å². The molecule has 0 aliphatic carbocycles. The molecule has 0 unspecified atom stereocenters. The first-order chi connectivity index (χ1) is 13.4. The van der Waals surface area contributed by atoms with Crippen LogP contribution in [0.3, 0.4) is 0 Å². The zero-order chi connectivity index (χ0) is 20.3. The molecule has 0 saturated carbocycles. The molecule has 0 bridgehead atoms. The smallest absolute Gasteiger partial charge is 0.358 e. The van der Waals surface area contributed by atoms with Gasteiger partial charge in [0.1, 0.15) is 4.47 Å². The molecule has 2 aromatic heterocycles. The highest BCUT2D eigenvalue weighted by Gasteiger charge is 2.23. The average Bonchev–Trinajstić information content (AvgIpc) is 3.22. The fraction of sp³-hybridized carbons (Fsp3) is 0.588. The number of piperazine rings is 1. The number of aryl methyl sites for hydroxylation is 3. The van der Waals surface area contributed by atoms with E-state index in [9.17, 15) is 14.9 Å². The Labute approximate surface area is 171 Å². The maximum absolute atomic E-state index is 12.5. The van der Waals surface area contributed by atoms with Gasteiger partial charge in [0, 0.05) is 57.4 Å². The Hall–Kier alpha value is -2.27. The van der Waals surface area contributed by atoms with Crippen molar-refractivity contribution in [2.75, 3.05) is 26.2 Å². The van der Waals surface area contributed by atoms with Crippen LogP contribution >= 0.6 is 15.9 Å². The van der Waals surface area contributed by atoms with Crippen LogP contribution in [0, 0.1) is 17.0 Å². The minimum Gasteiger partial charge on any atom is -0.358 e. The van der Waals surface area contributed by atoms with Crippen molar-refractivity contribution >= 4 is 27.7 Å². The van der Waals surface area contributed by atoms with E-state index in [1.165, 1.54) is 16.4 Å². The molecule has 1 saturated heterocycles. The molecule has 11 heteroatoms. The van der Waals surface area contributed by atoms with Gasteiger partial charge in [0.15, 0.2) is 0 Å². The van der Waals surface area contributed by atoms with Gasteiger partial charge in [-0.2, -0.15) is 9.78 Å². The van der Waals surface area contributed by atoms with Crippen LogP contribution in [0.2, 0.25) is 0 Å². The molecule has 1 amide bonds. The molecule has 28 heavy (non-hydrogen) atoms. The topological polar surface area (TPSA) is 102 Å². The number of hydrogen-bond acceptors (Lipinski definition) is 6. The van der Waals surface area contributed by atoms with Crippen molar-refractivity contribution in [3.63, 3.8) is 0 Å². The summed E-state index contributed by atoms with van der Waals surface area (Å²) in [6.07, 6.45) is 3.89. The van der Waals surface area contributed by atoms with E-state index in [1.54, 1.807) is 0 Å². The highest BCUT2D eigenvalue weighted by Crippen LogP contribution is 2.22. The van der Waals surface area contributed by atoms with Gasteiger partial charge in [-0.1, -0.05) is 0 Å². The van der Waals surface area contributed by atoms with E-state index in [0.29, 0.717) is 24.1 Å². The van der Waals surface area contributed by atoms with Crippen molar-refractivity contribution in [2.45, 2.75) is 39.9 Å². The molecular weight excluding hydrogens is 430 g/mol. The Kier molecular flexibility index (Phi) is 6.45. The van der Waals surface area contributed by atoms with E-state index in [2.05, 4.69) is 44.1 Å². The zero-order valence-corrected chi connectivity index (χ0v) is 17.6. The lowest BCUT2D eigenvalue weighted by Gasteiger charge is -2.34. The minimum absolute atomic E-state index is 0.0453. The van der Waals surface area contributed by atoms with Gasteiger partial charge in [0.25, 0.3) is 0 Å². The van der Waals surface area contributed by atoms with Gasteiger partial charge >= 0.3 is 5.82 Å². The summed E-state index contributed by atoms with van der Waals surface area (Å²) < 4.78 is 3.70. The molecule has 3 rings (SSSR count). The summed E-state index contributed by atoms with van der Waals surface area (Å²) in [5.41, 5.74) is 2.28. The monoisotopic (exact) mass is 453 g/mol. The van der Waals surface area contributed by atoms with E-state index in [1.807, 2.05) is 16.5 Å². The number of carbonyl (C=O) groups is 1. The number of nitrogens with zero attached hydrogens (tertiary/aromatic N) is 7. The van der Waals surface area contributed by atoms with Crippen LogP contribution in [0.4, 0.5) is 5.82 Å². The first-order valence-electron chi connectivity index (χ1n) is 9.27. The Morgan fingerprint density at radius 1 is 1.21 bits per heavy atom. The third-order valence-electron chi connectivity index (χ3n) is 4.92. The lowest BCUT2D eigenvalue weighted by molar-refractivity contribution is -0.390. The quantitative estimate of drug-likeness (QED) is 0.467. The van der Waals surface area contributed by atoms with Crippen LogP contribution < -0.4 is 0 Å². The fourth-order valence-corrected chi connectivity index (χ4v) is 3.73. The predicted molar refractivity (Wildman–Crippen MR) is 106 cm³/mol. The summed E-state index contributed by atoms with van der Waals surface area (Å²) in [5.74, 6) is -0.188. The largest absolute Gasteiger partial charge is 0.404 e. The van der Waals surface area contributed by atoms with Gasteiger partial charge in [0.2, 0.25) is 5.91 Å². The highest BCUT2D eigenvalue weighted by molar-refractivity contribution is 9.10. The first-order valence-corrected chi connectivity index (χ1v) is 10.1. The second kappa shape index (κ2) is 8.82. The number of nitro groups is 1. The molecule has 0 aromatic carbocycles. The molecule has 1 fully saturated rings. The first kappa shape index (κ1) is 20.5. The number of carbonyl (C=O) groups excluding carboxylic acids is 1. The highest BCUT2D eigenvalue weighted by atomic mass is 79.9. The summed E-state index contributed by atoms with van der Waals surface area (Å²) >= 11 is 3.11. The number of hydrogen-bond donors (Lipinski definition) is 0. The number of rotatable bonds is 7. The standard InChI is InChI=1S/C17H24BrN7O3/c1-3-23-11-14(13(2)19-23)10-21-6-8-22(9-7-21)16(26)4-5-24-12-15(18)17(20-24)25(27)28/h11-12H,3-10H2,1-2H3. The predicted octanol–water partition coefficient (Wildman–Crippen LogP) is 1.81. The van der Waals surface area contributed by atoms with Crippen LogP contribution in [-0.2, 0) is 24.4 Å².